The summed E-state index contributed by atoms with van der Waals surface area (Å²) in [5.41, 5.74) is 1.96. The first-order chi connectivity index (χ1) is 16.4. The van der Waals surface area contributed by atoms with Crippen LogP contribution in [0.2, 0.25) is 0 Å². The van der Waals surface area contributed by atoms with Crippen LogP contribution in [0.25, 0.3) is 0 Å². The van der Waals surface area contributed by atoms with Gasteiger partial charge in [0.15, 0.2) is 0 Å². The quantitative estimate of drug-likeness (QED) is 0.548. The van der Waals surface area contributed by atoms with Gasteiger partial charge in [-0.3, -0.25) is 4.79 Å². The minimum absolute atomic E-state index is 0.0237. The molecule has 1 aliphatic rings. The number of nitrogens with one attached hydrogen (secondary N) is 1. The van der Waals surface area contributed by atoms with Gasteiger partial charge in [-0.25, -0.2) is 13.4 Å². The van der Waals surface area contributed by atoms with E-state index in [1.54, 1.807) is 12.3 Å². The normalized spacial score (nSPS) is 15.0. The molecule has 3 aromatic rings. The molecule has 0 aliphatic carbocycles. The first kappa shape index (κ1) is 24.0. The minimum Gasteiger partial charge on any atom is -0.495 e. The van der Waals surface area contributed by atoms with Crippen molar-refractivity contribution in [1.82, 2.24) is 13.9 Å². The lowest BCUT2D eigenvalue weighted by molar-refractivity contribution is 0.102. The summed E-state index contributed by atoms with van der Waals surface area (Å²) < 4.78 is 35.6. The monoisotopic (exact) mass is 482 g/mol. The number of sulfonamides is 1. The molecule has 0 atom stereocenters. The van der Waals surface area contributed by atoms with Crippen molar-refractivity contribution < 1.29 is 17.9 Å². The zero-order valence-corrected chi connectivity index (χ0v) is 20.3. The predicted molar refractivity (Wildman–Crippen MR) is 131 cm³/mol. The van der Waals surface area contributed by atoms with E-state index in [0.29, 0.717) is 25.3 Å². The molecule has 2 heterocycles. The lowest BCUT2D eigenvalue weighted by Gasteiger charge is -2.21. The fraction of sp³-hybridized carbons (Fsp3) is 0.360. The number of hydrogen-bond acceptors (Lipinski definition) is 5. The average Bonchev–Trinajstić information content (AvgIpc) is 3.06. The number of nitrogens with zero attached hydrogens (tertiary/aromatic N) is 3. The Hall–Kier alpha value is -3.17. The summed E-state index contributed by atoms with van der Waals surface area (Å²) in [6.07, 6.45) is 7.39. The zero-order chi connectivity index (χ0) is 24.1. The molecule has 0 radical (unpaired) electrons. The van der Waals surface area contributed by atoms with E-state index >= 15 is 0 Å². The molecule has 1 aromatic heterocycles. The van der Waals surface area contributed by atoms with Crippen LogP contribution in [0, 0.1) is 6.92 Å². The number of carbonyl (C=O) groups excluding carboxylic acids is 1. The number of carbonyl (C=O) groups is 1. The molecule has 180 valence electrons. The summed E-state index contributed by atoms with van der Waals surface area (Å²) >= 11 is 0. The molecular weight excluding hydrogens is 452 g/mol. The van der Waals surface area contributed by atoms with Crippen LogP contribution in [0.15, 0.2) is 59.8 Å². The highest BCUT2D eigenvalue weighted by Gasteiger charge is 2.29. The molecular formula is C25H30N4O4S. The Bertz CT molecular complexity index is 1240. The van der Waals surface area contributed by atoms with E-state index in [9.17, 15) is 13.2 Å². The SMILES string of the molecule is COc1ccc(C(=O)Nc2ccc(Cn3ccnc3C)cc2)cc1S(=O)(=O)N1CCCCCC1. The van der Waals surface area contributed by atoms with Gasteiger partial charge in [-0.05, 0) is 55.7 Å². The third-order valence-corrected chi connectivity index (χ3v) is 8.02. The maximum absolute atomic E-state index is 13.4. The van der Waals surface area contributed by atoms with Crippen molar-refractivity contribution in [3.63, 3.8) is 0 Å². The molecule has 0 bridgehead atoms. The highest BCUT2D eigenvalue weighted by Crippen LogP contribution is 2.29. The zero-order valence-electron chi connectivity index (χ0n) is 19.5. The molecule has 0 saturated carbocycles. The Kier molecular flexibility index (Phi) is 7.33. The summed E-state index contributed by atoms with van der Waals surface area (Å²) in [6, 6.07) is 12.1. The number of imidazole rings is 1. The Morgan fingerprint density at radius 3 is 2.38 bits per heavy atom. The van der Waals surface area contributed by atoms with Gasteiger partial charge in [0, 0.05) is 43.3 Å². The molecule has 34 heavy (non-hydrogen) atoms. The third-order valence-electron chi connectivity index (χ3n) is 6.10. The number of aryl methyl sites for hydroxylation is 1. The molecule has 1 saturated heterocycles. The number of aromatic nitrogens is 2. The number of methoxy groups -OCH3 is 1. The molecule has 0 spiro atoms. The molecule has 2 aromatic carbocycles. The Balaban J connectivity index is 1.51. The lowest BCUT2D eigenvalue weighted by atomic mass is 10.1. The third kappa shape index (κ3) is 5.31. The number of ether oxygens (including phenoxy) is 1. The molecule has 9 heteroatoms. The second-order valence-electron chi connectivity index (χ2n) is 8.44. The van der Waals surface area contributed by atoms with E-state index in [2.05, 4.69) is 10.3 Å². The largest absolute Gasteiger partial charge is 0.495 e. The molecule has 0 unspecified atom stereocenters. The van der Waals surface area contributed by atoms with Gasteiger partial charge in [0.2, 0.25) is 10.0 Å². The van der Waals surface area contributed by atoms with E-state index < -0.39 is 10.0 Å². The van der Waals surface area contributed by atoms with Crippen molar-refractivity contribution in [1.29, 1.82) is 0 Å². The predicted octanol–water partition coefficient (Wildman–Crippen LogP) is 4.07. The standard InChI is InChI=1S/C25H30N4O4S/c1-19-26-13-16-28(19)18-20-7-10-22(11-8-20)27-25(30)21-9-12-23(33-2)24(17-21)34(31,32)29-14-5-3-4-6-15-29/h7-13,16-17H,3-6,14-15,18H2,1-2H3,(H,27,30). The summed E-state index contributed by atoms with van der Waals surface area (Å²) in [7, 11) is -2.34. The van der Waals surface area contributed by atoms with Gasteiger partial charge in [0.25, 0.3) is 5.91 Å². The van der Waals surface area contributed by atoms with Crippen molar-refractivity contribution in [2.45, 2.75) is 44.0 Å². The van der Waals surface area contributed by atoms with Crippen molar-refractivity contribution in [3.05, 3.63) is 71.8 Å². The molecule has 4 rings (SSSR count). The highest BCUT2D eigenvalue weighted by molar-refractivity contribution is 7.89. The molecule has 1 amide bonds. The topological polar surface area (TPSA) is 93.5 Å². The molecule has 1 aliphatic heterocycles. The van der Waals surface area contributed by atoms with Gasteiger partial charge >= 0.3 is 0 Å². The number of benzene rings is 2. The van der Waals surface area contributed by atoms with Crippen LogP contribution in [-0.4, -0.2) is 48.4 Å². The number of hydrogen-bond donors (Lipinski definition) is 1. The Morgan fingerprint density at radius 1 is 1.06 bits per heavy atom. The van der Waals surface area contributed by atoms with Crippen LogP contribution in [0.4, 0.5) is 5.69 Å². The van der Waals surface area contributed by atoms with Crippen LogP contribution in [0.1, 0.15) is 47.4 Å². The van der Waals surface area contributed by atoms with Crippen LogP contribution in [0.3, 0.4) is 0 Å². The summed E-state index contributed by atoms with van der Waals surface area (Å²) in [4.78, 5) is 17.2. The fourth-order valence-electron chi connectivity index (χ4n) is 4.10. The number of amides is 1. The van der Waals surface area contributed by atoms with Gasteiger partial charge in [-0.15, -0.1) is 0 Å². The van der Waals surface area contributed by atoms with Crippen molar-refractivity contribution >= 4 is 21.6 Å². The first-order valence-corrected chi connectivity index (χ1v) is 12.9. The van der Waals surface area contributed by atoms with Crippen molar-refractivity contribution in [2.75, 3.05) is 25.5 Å². The number of rotatable bonds is 7. The van der Waals surface area contributed by atoms with Gasteiger partial charge in [-0.2, -0.15) is 4.31 Å². The van der Waals surface area contributed by atoms with Gasteiger partial charge < -0.3 is 14.6 Å². The van der Waals surface area contributed by atoms with Crippen LogP contribution in [0.5, 0.6) is 5.75 Å². The Labute approximate surface area is 200 Å². The maximum atomic E-state index is 13.4. The Morgan fingerprint density at radius 2 is 1.76 bits per heavy atom. The molecule has 1 N–H and O–H groups in total. The van der Waals surface area contributed by atoms with Gasteiger partial charge in [-0.1, -0.05) is 25.0 Å². The van der Waals surface area contributed by atoms with Gasteiger partial charge in [0.1, 0.15) is 16.5 Å². The second-order valence-corrected chi connectivity index (χ2v) is 10.3. The maximum Gasteiger partial charge on any atom is 0.255 e. The fourth-order valence-corrected chi connectivity index (χ4v) is 5.80. The second kappa shape index (κ2) is 10.4. The van der Waals surface area contributed by atoms with Crippen molar-refractivity contribution in [3.8, 4) is 5.75 Å². The van der Waals surface area contributed by atoms with E-state index in [0.717, 1.165) is 37.1 Å². The van der Waals surface area contributed by atoms with E-state index in [-0.39, 0.29) is 22.1 Å². The lowest BCUT2D eigenvalue weighted by Crippen LogP contribution is -2.32. The average molecular weight is 483 g/mol. The van der Waals surface area contributed by atoms with Crippen LogP contribution < -0.4 is 10.1 Å². The summed E-state index contributed by atoms with van der Waals surface area (Å²) in [5.74, 6) is 0.788. The van der Waals surface area contributed by atoms with E-state index in [4.69, 9.17) is 4.74 Å². The van der Waals surface area contributed by atoms with Gasteiger partial charge in [0.05, 0.1) is 7.11 Å². The number of anilines is 1. The summed E-state index contributed by atoms with van der Waals surface area (Å²) in [6.45, 7) is 3.60. The van der Waals surface area contributed by atoms with E-state index in [1.807, 2.05) is 42.0 Å². The molecule has 8 nitrogen and oxygen atoms in total. The smallest absolute Gasteiger partial charge is 0.255 e. The van der Waals surface area contributed by atoms with Crippen LogP contribution >= 0.6 is 0 Å². The van der Waals surface area contributed by atoms with Crippen LogP contribution in [-0.2, 0) is 16.6 Å². The van der Waals surface area contributed by atoms with E-state index in [1.165, 1.54) is 23.5 Å². The first-order valence-electron chi connectivity index (χ1n) is 11.4. The minimum atomic E-state index is -3.77. The summed E-state index contributed by atoms with van der Waals surface area (Å²) in [5, 5.41) is 2.85. The highest BCUT2D eigenvalue weighted by atomic mass is 32.2. The molecule has 1 fully saturated rings. The van der Waals surface area contributed by atoms with Crippen molar-refractivity contribution in [2.24, 2.45) is 0 Å².